The Hall–Kier alpha value is -1.14. The number of nitrogens with two attached hydrogens (primary N) is 1. The Morgan fingerprint density at radius 1 is 1.44 bits per heavy atom. The fraction of sp³-hybridized carbons (Fsp3) is 0.417. The Bertz CT molecular complexity index is 371. The van der Waals surface area contributed by atoms with Gasteiger partial charge in [0, 0.05) is 13.5 Å². The number of likely N-dealkylation sites (N-methyl/N-ethyl adjacent to an activating group) is 1. The summed E-state index contributed by atoms with van der Waals surface area (Å²) < 4.78 is 0. The lowest BCUT2D eigenvalue weighted by molar-refractivity contribution is -0.188. The van der Waals surface area contributed by atoms with Gasteiger partial charge in [-0.15, -0.1) is 12.4 Å². The highest BCUT2D eigenvalue weighted by Crippen LogP contribution is 2.12. The topological polar surface area (TPSA) is 75.8 Å². The van der Waals surface area contributed by atoms with Crippen molar-refractivity contribution in [1.29, 1.82) is 0 Å². The second-order valence-corrected chi connectivity index (χ2v) is 3.90. The third kappa shape index (κ3) is 4.62. The Morgan fingerprint density at radius 3 is 2.50 bits per heavy atom. The highest BCUT2D eigenvalue weighted by atomic mass is 35.5. The Morgan fingerprint density at radius 2 is 2.00 bits per heavy atom. The fourth-order valence-corrected chi connectivity index (χ4v) is 1.44. The van der Waals surface area contributed by atoms with Crippen molar-refractivity contribution in [1.82, 2.24) is 5.06 Å². The van der Waals surface area contributed by atoms with E-state index in [1.54, 1.807) is 0 Å². The number of amides is 1. The Kier molecular flexibility index (Phi) is 6.86. The summed E-state index contributed by atoms with van der Waals surface area (Å²) in [6.07, 6.45) is 0.667. The number of aliphatic hydroxyl groups is 1. The van der Waals surface area contributed by atoms with E-state index < -0.39 is 11.6 Å². The van der Waals surface area contributed by atoms with Crippen LogP contribution in [0.4, 0.5) is 0 Å². The number of carbonyl (C=O) groups is 1. The van der Waals surface area contributed by atoms with Crippen LogP contribution in [0.2, 0.25) is 0 Å². The molecule has 1 aromatic rings. The lowest BCUT2D eigenvalue weighted by Gasteiger charge is -2.26. The number of rotatable bonds is 5. The second kappa shape index (κ2) is 7.33. The molecule has 5 nitrogen and oxygen atoms in total. The van der Waals surface area contributed by atoms with Crippen LogP contribution in [-0.2, 0) is 16.1 Å². The molecule has 0 aliphatic carbocycles. The van der Waals surface area contributed by atoms with Crippen LogP contribution in [0.25, 0.3) is 0 Å². The highest BCUT2D eigenvalue weighted by molar-refractivity contribution is 5.85. The van der Waals surface area contributed by atoms with E-state index in [4.69, 9.17) is 10.6 Å². The van der Waals surface area contributed by atoms with Gasteiger partial charge in [0.2, 0.25) is 0 Å². The molecular weight excluding hydrogens is 256 g/mol. The van der Waals surface area contributed by atoms with Gasteiger partial charge in [0.05, 0.1) is 7.11 Å². The number of benzene rings is 1. The smallest absolute Gasteiger partial charge is 0.292 e. The molecule has 1 unspecified atom stereocenters. The van der Waals surface area contributed by atoms with Crippen molar-refractivity contribution in [2.45, 2.75) is 18.6 Å². The summed E-state index contributed by atoms with van der Waals surface area (Å²) in [5.74, 6) is -0.657. The molecule has 3 N–H and O–H groups in total. The summed E-state index contributed by atoms with van der Waals surface area (Å²) in [6.45, 7) is 0. The van der Waals surface area contributed by atoms with Crippen LogP contribution in [0.3, 0.4) is 0 Å². The summed E-state index contributed by atoms with van der Waals surface area (Å²) in [4.78, 5) is 16.3. The zero-order chi connectivity index (χ0) is 12.9. The van der Waals surface area contributed by atoms with Crippen molar-refractivity contribution in [3.63, 3.8) is 0 Å². The van der Waals surface area contributed by atoms with E-state index >= 15 is 0 Å². The molecule has 0 aromatic heterocycles. The van der Waals surface area contributed by atoms with Crippen LogP contribution in [0.15, 0.2) is 30.3 Å². The van der Waals surface area contributed by atoms with Crippen molar-refractivity contribution >= 4 is 18.3 Å². The van der Waals surface area contributed by atoms with Gasteiger partial charge in [0.1, 0.15) is 0 Å². The van der Waals surface area contributed by atoms with E-state index in [9.17, 15) is 9.90 Å². The number of carbonyl (C=O) groups excluding carboxylic acids is 1. The van der Waals surface area contributed by atoms with E-state index in [0.717, 1.165) is 10.6 Å². The first-order chi connectivity index (χ1) is 7.97. The SMILES string of the molecule is CON(C)C(=O)C(N)(O)CCc1ccccc1.Cl. The van der Waals surface area contributed by atoms with Gasteiger partial charge in [0.15, 0.2) is 5.72 Å². The number of nitrogens with zero attached hydrogens (tertiary/aromatic N) is 1. The molecule has 6 heteroatoms. The number of hydroxylamine groups is 2. The van der Waals surface area contributed by atoms with Crippen molar-refractivity contribution in [3.05, 3.63) is 35.9 Å². The predicted molar refractivity (Wildman–Crippen MR) is 70.9 cm³/mol. The third-order valence-corrected chi connectivity index (χ3v) is 2.57. The molecule has 1 amide bonds. The second-order valence-electron chi connectivity index (χ2n) is 3.90. The van der Waals surface area contributed by atoms with Crippen molar-refractivity contribution in [2.75, 3.05) is 14.2 Å². The maximum absolute atomic E-state index is 11.6. The first-order valence-corrected chi connectivity index (χ1v) is 5.35. The molecule has 0 saturated heterocycles. The normalized spacial score (nSPS) is 13.3. The Balaban J connectivity index is 0.00000289. The van der Waals surface area contributed by atoms with Crippen LogP contribution in [-0.4, -0.2) is 36.0 Å². The molecule has 0 aliphatic rings. The van der Waals surface area contributed by atoms with Crippen molar-refractivity contribution in [3.8, 4) is 0 Å². The molecular formula is C12H19ClN2O3. The molecule has 0 fully saturated rings. The summed E-state index contributed by atoms with van der Waals surface area (Å²) in [5.41, 5.74) is 4.68. The number of aryl methyl sites for hydroxylation is 1. The number of hydrogen-bond acceptors (Lipinski definition) is 4. The molecule has 0 radical (unpaired) electrons. The molecule has 18 heavy (non-hydrogen) atoms. The highest BCUT2D eigenvalue weighted by Gasteiger charge is 2.33. The minimum absolute atomic E-state index is 0. The minimum atomic E-state index is -1.90. The molecule has 0 bridgehead atoms. The van der Waals surface area contributed by atoms with Gasteiger partial charge in [-0.2, -0.15) is 0 Å². The minimum Gasteiger partial charge on any atom is -0.367 e. The monoisotopic (exact) mass is 274 g/mol. The van der Waals surface area contributed by atoms with Gasteiger partial charge in [0.25, 0.3) is 5.91 Å². The summed E-state index contributed by atoms with van der Waals surface area (Å²) in [7, 11) is 2.74. The number of halogens is 1. The molecule has 102 valence electrons. The zero-order valence-corrected chi connectivity index (χ0v) is 11.3. The van der Waals surface area contributed by atoms with Crippen LogP contribution in [0, 0.1) is 0 Å². The third-order valence-electron chi connectivity index (χ3n) is 2.57. The van der Waals surface area contributed by atoms with E-state index in [1.807, 2.05) is 30.3 Å². The number of hydrogen-bond donors (Lipinski definition) is 2. The first-order valence-electron chi connectivity index (χ1n) is 5.35. The average molecular weight is 275 g/mol. The summed E-state index contributed by atoms with van der Waals surface area (Å²) in [5, 5.41) is 10.8. The summed E-state index contributed by atoms with van der Waals surface area (Å²) >= 11 is 0. The Labute approximate surface area is 113 Å². The maximum atomic E-state index is 11.6. The first kappa shape index (κ1) is 16.9. The van der Waals surface area contributed by atoms with Gasteiger partial charge in [-0.1, -0.05) is 30.3 Å². The van der Waals surface area contributed by atoms with Crippen LogP contribution in [0.1, 0.15) is 12.0 Å². The van der Waals surface area contributed by atoms with Gasteiger partial charge in [-0.25, -0.2) is 5.06 Å². The molecule has 0 saturated carbocycles. The lowest BCUT2D eigenvalue weighted by atomic mass is 10.0. The van der Waals surface area contributed by atoms with Gasteiger partial charge >= 0.3 is 0 Å². The lowest BCUT2D eigenvalue weighted by Crippen LogP contribution is -2.54. The molecule has 1 atom stereocenters. The van der Waals surface area contributed by atoms with Crippen LogP contribution >= 0.6 is 12.4 Å². The summed E-state index contributed by atoms with van der Waals surface area (Å²) in [6, 6.07) is 9.53. The zero-order valence-electron chi connectivity index (χ0n) is 10.5. The van der Waals surface area contributed by atoms with Gasteiger partial charge in [-0.05, 0) is 12.0 Å². The quantitative estimate of drug-likeness (QED) is 0.612. The predicted octanol–water partition coefficient (Wildman–Crippen LogP) is 0.708. The fourth-order valence-electron chi connectivity index (χ4n) is 1.44. The van der Waals surface area contributed by atoms with E-state index in [0.29, 0.717) is 6.42 Å². The van der Waals surface area contributed by atoms with Crippen molar-refractivity contribution < 1.29 is 14.7 Å². The molecule has 0 heterocycles. The van der Waals surface area contributed by atoms with Crippen molar-refractivity contribution in [2.24, 2.45) is 5.73 Å². The molecule has 1 aromatic carbocycles. The largest absolute Gasteiger partial charge is 0.367 e. The van der Waals surface area contributed by atoms with Gasteiger partial charge in [-0.3, -0.25) is 15.4 Å². The molecule has 1 rings (SSSR count). The van der Waals surface area contributed by atoms with E-state index in [-0.39, 0.29) is 18.8 Å². The molecule has 0 aliphatic heterocycles. The average Bonchev–Trinajstić information content (AvgIpc) is 2.36. The standard InChI is InChI=1S/C12H18N2O3.ClH/c1-14(17-2)11(15)12(13,16)9-8-10-6-4-3-5-7-10;/h3-7,16H,8-9,13H2,1-2H3;1H. The maximum Gasteiger partial charge on any atom is 0.292 e. The van der Waals surface area contributed by atoms with Crippen LogP contribution in [0.5, 0.6) is 0 Å². The molecule has 0 spiro atoms. The van der Waals surface area contributed by atoms with E-state index in [1.165, 1.54) is 14.2 Å². The van der Waals surface area contributed by atoms with Crippen LogP contribution < -0.4 is 5.73 Å². The van der Waals surface area contributed by atoms with Gasteiger partial charge < -0.3 is 5.11 Å². The van der Waals surface area contributed by atoms with E-state index in [2.05, 4.69) is 0 Å².